The Hall–Kier alpha value is -3.78. The van der Waals surface area contributed by atoms with Gasteiger partial charge in [-0.1, -0.05) is 49.2 Å². The Bertz CT molecular complexity index is 1210. The third-order valence-corrected chi connectivity index (χ3v) is 4.41. The second-order valence-electron chi connectivity index (χ2n) is 6.26. The Labute approximate surface area is 162 Å². The van der Waals surface area contributed by atoms with Crippen LogP contribution in [0.15, 0.2) is 60.7 Å². The largest absolute Gasteiger partial charge is 0.481 e. The van der Waals surface area contributed by atoms with E-state index in [2.05, 4.69) is 27.4 Å². The lowest BCUT2D eigenvalue weighted by Crippen LogP contribution is -2.12. The fourth-order valence-corrected chi connectivity index (χ4v) is 3.08. The average molecular weight is 369 g/mol. The minimum Gasteiger partial charge on any atom is -0.481 e. The number of nitrogens with zero attached hydrogens (tertiary/aromatic N) is 1. The lowest BCUT2D eigenvalue weighted by atomic mass is 10.0. The lowest BCUT2D eigenvalue weighted by Gasteiger charge is -2.07. The Morgan fingerprint density at radius 1 is 1.07 bits per heavy atom. The fraction of sp³-hybridized carbons (Fsp3) is 0.130. The van der Waals surface area contributed by atoms with Crippen LogP contribution in [0.4, 0.5) is 5.82 Å². The van der Waals surface area contributed by atoms with Crippen LogP contribution in [-0.4, -0.2) is 22.7 Å². The zero-order chi connectivity index (χ0) is 19.3. The maximum absolute atomic E-state index is 12.8. The van der Waals surface area contributed by atoms with Gasteiger partial charge < -0.3 is 10.1 Å². The summed E-state index contributed by atoms with van der Waals surface area (Å²) in [5.74, 6) is 6.91. The normalized spacial score (nSPS) is 10.5. The van der Waals surface area contributed by atoms with Gasteiger partial charge in [-0.05, 0) is 29.0 Å². The molecular weight excluding hydrogens is 350 g/mol. The summed E-state index contributed by atoms with van der Waals surface area (Å²) in [6.45, 7) is 2.34. The highest BCUT2D eigenvalue weighted by molar-refractivity contribution is 6.14. The summed E-state index contributed by atoms with van der Waals surface area (Å²) in [4.78, 5) is 12.8. The number of anilines is 1. The number of nitrogens with one attached hydrogen (secondary N) is 2. The molecule has 0 saturated carbocycles. The van der Waals surface area contributed by atoms with Crippen molar-refractivity contribution >= 4 is 33.4 Å². The van der Waals surface area contributed by atoms with Gasteiger partial charge in [-0.25, -0.2) is 0 Å². The van der Waals surface area contributed by atoms with Crippen molar-refractivity contribution in [2.24, 2.45) is 0 Å². The topological polar surface area (TPSA) is 67.0 Å². The van der Waals surface area contributed by atoms with Gasteiger partial charge in [-0.15, -0.1) is 5.92 Å². The predicted octanol–water partition coefficient (Wildman–Crippen LogP) is 4.76. The van der Waals surface area contributed by atoms with Crippen LogP contribution >= 0.6 is 0 Å². The SMILES string of the molecule is CCC#CCOc1ccc2c(NC(=O)c3cccc4ccccc34)n[nH]c2c1. The van der Waals surface area contributed by atoms with E-state index in [-0.39, 0.29) is 5.91 Å². The van der Waals surface area contributed by atoms with Crippen molar-refractivity contribution in [2.45, 2.75) is 13.3 Å². The van der Waals surface area contributed by atoms with Gasteiger partial charge in [0, 0.05) is 23.4 Å². The Balaban J connectivity index is 1.57. The average Bonchev–Trinajstić information content (AvgIpc) is 3.12. The molecule has 28 heavy (non-hydrogen) atoms. The maximum Gasteiger partial charge on any atom is 0.257 e. The van der Waals surface area contributed by atoms with Gasteiger partial charge >= 0.3 is 0 Å². The van der Waals surface area contributed by atoms with Gasteiger partial charge in [0.05, 0.1) is 5.52 Å². The second kappa shape index (κ2) is 7.85. The van der Waals surface area contributed by atoms with E-state index >= 15 is 0 Å². The van der Waals surface area contributed by atoms with E-state index < -0.39 is 0 Å². The van der Waals surface area contributed by atoms with Gasteiger partial charge in [-0.2, -0.15) is 5.10 Å². The molecule has 5 nitrogen and oxygen atoms in total. The molecule has 3 aromatic carbocycles. The molecule has 0 aliphatic rings. The monoisotopic (exact) mass is 369 g/mol. The first-order chi connectivity index (χ1) is 13.8. The zero-order valence-electron chi connectivity index (χ0n) is 15.5. The molecule has 0 bridgehead atoms. The van der Waals surface area contributed by atoms with E-state index in [0.29, 0.717) is 23.7 Å². The van der Waals surface area contributed by atoms with Crippen molar-refractivity contribution in [1.82, 2.24) is 10.2 Å². The highest BCUT2D eigenvalue weighted by atomic mass is 16.5. The molecule has 0 radical (unpaired) electrons. The molecule has 0 aliphatic carbocycles. The minimum atomic E-state index is -0.194. The Morgan fingerprint density at radius 2 is 1.93 bits per heavy atom. The summed E-state index contributed by atoms with van der Waals surface area (Å²) < 4.78 is 5.62. The number of fused-ring (bicyclic) bond motifs is 2. The van der Waals surface area contributed by atoms with Crippen molar-refractivity contribution in [3.05, 3.63) is 66.2 Å². The second-order valence-corrected chi connectivity index (χ2v) is 6.26. The first kappa shape index (κ1) is 17.6. The number of benzene rings is 3. The fourth-order valence-electron chi connectivity index (χ4n) is 3.08. The molecule has 0 unspecified atom stereocenters. The lowest BCUT2D eigenvalue weighted by molar-refractivity contribution is 0.102. The van der Waals surface area contributed by atoms with Gasteiger partial charge in [0.25, 0.3) is 5.91 Å². The van der Waals surface area contributed by atoms with Crippen molar-refractivity contribution in [2.75, 3.05) is 11.9 Å². The molecule has 2 N–H and O–H groups in total. The number of H-pyrrole nitrogens is 1. The highest BCUT2D eigenvalue weighted by Crippen LogP contribution is 2.26. The van der Waals surface area contributed by atoms with Crippen molar-refractivity contribution in [1.29, 1.82) is 0 Å². The number of amides is 1. The summed E-state index contributed by atoms with van der Waals surface area (Å²) in [6, 6.07) is 19.1. The quantitative estimate of drug-likeness (QED) is 0.510. The third-order valence-electron chi connectivity index (χ3n) is 4.41. The maximum atomic E-state index is 12.8. The van der Waals surface area contributed by atoms with Crippen molar-refractivity contribution in [3.8, 4) is 17.6 Å². The Kier molecular flexibility index (Phi) is 4.94. The number of rotatable bonds is 4. The summed E-state index contributed by atoms with van der Waals surface area (Å²) in [6.07, 6.45) is 0.808. The molecule has 1 heterocycles. The molecule has 4 rings (SSSR count). The van der Waals surface area contributed by atoms with Gasteiger partial charge in [0.2, 0.25) is 0 Å². The smallest absolute Gasteiger partial charge is 0.257 e. The number of carbonyl (C=O) groups is 1. The highest BCUT2D eigenvalue weighted by Gasteiger charge is 2.14. The summed E-state index contributed by atoms with van der Waals surface area (Å²) in [5.41, 5.74) is 1.40. The number of hydrogen-bond donors (Lipinski definition) is 2. The van der Waals surface area contributed by atoms with Crippen LogP contribution < -0.4 is 10.1 Å². The zero-order valence-corrected chi connectivity index (χ0v) is 15.5. The number of carbonyl (C=O) groups excluding carboxylic acids is 1. The molecule has 0 spiro atoms. The summed E-state index contributed by atoms with van der Waals surface area (Å²) >= 11 is 0. The minimum absolute atomic E-state index is 0.194. The number of aromatic amines is 1. The predicted molar refractivity (Wildman–Crippen MR) is 112 cm³/mol. The summed E-state index contributed by atoms with van der Waals surface area (Å²) in [7, 11) is 0. The van der Waals surface area contributed by atoms with Crippen LogP contribution in [-0.2, 0) is 0 Å². The molecule has 0 atom stereocenters. The molecule has 5 heteroatoms. The van der Waals surface area contributed by atoms with Crippen LogP contribution in [0.3, 0.4) is 0 Å². The Morgan fingerprint density at radius 3 is 2.82 bits per heavy atom. The van der Waals surface area contributed by atoms with Crippen LogP contribution in [0, 0.1) is 11.8 Å². The van der Waals surface area contributed by atoms with E-state index in [1.807, 2.05) is 67.6 Å². The molecule has 4 aromatic rings. The van der Waals surface area contributed by atoms with E-state index in [1.165, 1.54) is 0 Å². The van der Waals surface area contributed by atoms with E-state index in [0.717, 1.165) is 28.1 Å². The molecule has 138 valence electrons. The molecular formula is C23H19N3O2. The summed E-state index contributed by atoms with van der Waals surface area (Å²) in [5, 5.41) is 12.9. The van der Waals surface area contributed by atoms with E-state index in [4.69, 9.17) is 4.74 Å². The molecule has 0 aliphatic heterocycles. The van der Waals surface area contributed by atoms with Crippen LogP contribution in [0.1, 0.15) is 23.7 Å². The first-order valence-electron chi connectivity index (χ1n) is 9.12. The molecule has 0 fully saturated rings. The van der Waals surface area contributed by atoms with Gasteiger partial charge in [0.15, 0.2) is 5.82 Å². The molecule has 1 aromatic heterocycles. The third kappa shape index (κ3) is 3.53. The van der Waals surface area contributed by atoms with Crippen molar-refractivity contribution in [3.63, 3.8) is 0 Å². The standard InChI is InChI=1S/C23H19N3O2/c1-2-3-6-14-28-17-12-13-20-21(15-17)25-26-22(20)24-23(27)19-11-7-9-16-8-4-5-10-18(16)19/h4-5,7-13,15H,2,14H2,1H3,(H2,24,25,26,27). The first-order valence-corrected chi connectivity index (χ1v) is 9.12. The van der Waals surface area contributed by atoms with Crippen molar-refractivity contribution < 1.29 is 9.53 Å². The van der Waals surface area contributed by atoms with Gasteiger partial charge in [-0.3, -0.25) is 9.89 Å². The van der Waals surface area contributed by atoms with E-state index in [1.54, 1.807) is 0 Å². The number of ether oxygens (including phenoxy) is 1. The molecule has 1 amide bonds. The van der Waals surface area contributed by atoms with Crippen LogP contribution in [0.25, 0.3) is 21.7 Å². The molecule has 0 saturated heterocycles. The van der Waals surface area contributed by atoms with Crippen LogP contribution in [0.2, 0.25) is 0 Å². The number of aromatic nitrogens is 2. The number of hydrogen-bond acceptors (Lipinski definition) is 3. The van der Waals surface area contributed by atoms with E-state index in [9.17, 15) is 4.79 Å². The van der Waals surface area contributed by atoms with Crippen LogP contribution in [0.5, 0.6) is 5.75 Å². The van der Waals surface area contributed by atoms with Gasteiger partial charge in [0.1, 0.15) is 12.4 Å².